The molecule has 6 heteroatoms. The lowest BCUT2D eigenvalue weighted by atomic mass is 10.0. The molecule has 30 heavy (non-hydrogen) atoms. The van der Waals surface area contributed by atoms with Gasteiger partial charge in [0.1, 0.15) is 5.75 Å². The number of hydrogen-bond acceptors (Lipinski definition) is 3. The molecule has 0 aliphatic heterocycles. The first-order chi connectivity index (χ1) is 14.5. The molecule has 1 N–H and O–H groups in total. The van der Waals surface area contributed by atoms with Crippen LogP contribution in [0.25, 0.3) is 0 Å². The van der Waals surface area contributed by atoms with Gasteiger partial charge in [-0.1, -0.05) is 38.1 Å². The zero-order valence-electron chi connectivity index (χ0n) is 17.9. The topological polar surface area (TPSA) is 42.3 Å². The number of rotatable bonds is 9. The number of nitrogens with one attached hydrogen (secondary N) is 1. The van der Waals surface area contributed by atoms with Crippen LogP contribution in [0.15, 0.2) is 67.3 Å². The second-order valence-electron chi connectivity index (χ2n) is 7.63. The Kier molecular flexibility index (Phi) is 7.85. The van der Waals surface area contributed by atoms with Crippen LogP contribution in [0, 0.1) is 0 Å². The van der Waals surface area contributed by atoms with E-state index in [0.29, 0.717) is 5.92 Å². The van der Waals surface area contributed by atoms with Crippen molar-refractivity contribution < 1.29 is 4.74 Å². The van der Waals surface area contributed by atoms with Gasteiger partial charge in [0.05, 0.1) is 13.4 Å². The van der Waals surface area contributed by atoms with Crippen molar-refractivity contribution >= 4 is 23.0 Å². The van der Waals surface area contributed by atoms with Gasteiger partial charge in [-0.25, -0.2) is 4.98 Å². The molecule has 0 aliphatic rings. The molecule has 0 radical (unpaired) electrons. The lowest BCUT2D eigenvalue weighted by Gasteiger charge is -2.26. The van der Waals surface area contributed by atoms with Crippen molar-refractivity contribution in [2.75, 3.05) is 19.0 Å². The molecule has 0 atom stereocenters. The summed E-state index contributed by atoms with van der Waals surface area (Å²) in [5.41, 5.74) is 3.53. The highest BCUT2D eigenvalue weighted by Gasteiger charge is 2.11. The number of methoxy groups -OCH3 is 1. The van der Waals surface area contributed by atoms with Crippen molar-refractivity contribution in [1.82, 2.24) is 14.5 Å². The number of imidazole rings is 1. The van der Waals surface area contributed by atoms with E-state index in [2.05, 4.69) is 70.0 Å². The minimum Gasteiger partial charge on any atom is -0.497 e. The molecule has 5 nitrogen and oxygen atoms in total. The van der Waals surface area contributed by atoms with E-state index in [1.165, 1.54) is 11.1 Å². The monoisotopic (exact) mass is 422 g/mol. The summed E-state index contributed by atoms with van der Waals surface area (Å²) in [5, 5.41) is 4.14. The molecule has 1 heterocycles. The van der Waals surface area contributed by atoms with E-state index >= 15 is 0 Å². The fourth-order valence-corrected chi connectivity index (χ4v) is 3.49. The van der Waals surface area contributed by atoms with Crippen LogP contribution in [-0.2, 0) is 13.1 Å². The third-order valence-corrected chi connectivity index (χ3v) is 5.41. The van der Waals surface area contributed by atoms with Gasteiger partial charge < -0.3 is 19.5 Å². The fraction of sp³-hybridized carbons (Fsp3) is 0.333. The van der Waals surface area contributed by atoms with Gasteiger partial charge in [0.25, 0.3) is 0 Å². The van der Waals surface area contributed by atoms with Crippen LogP contribution in [0.5, 0.6) is 5.75 Å². The third kappa shape index (κ3) is 6.32. The Hall–Kier alpha value is -2.86. The molecule has 0 spiro atoms. The standard InChI is InChI=1S/C24H30N4OS/c1-19(2)21-7-9-22(10-8-21)26-24(30)28(15-4-14-27-16-13-25-18-27)17-20-5-11-23(29-3)12-6-20/h5-13,16,18-19H,4,14-15,17H2,1-3H3,(H,26,30). The SMILES string of the molecule is COc1ccc(CN(CCCn2ccnc2)C(=S)Nc2ccc(C(C)C)cc2)cc1. The van der Waals surface area contributed by atoms with Crippen LogP contribution < -0.4 is 10.1 Å². The highest BCUT2D eigenvalue weighted by atomic mass is 32.1. The predicted molar refractivity (Wildman–Crippen MR) is 127 cm³/mol. The van der Waals surface area contributed by atoms with Crippen LogP contribution in [-0.4, -0.2) is 33.2 Å². The number of hydrogen-bond donors (Lipinski definition) is 1. The molecule has 0 amide bonds. The molecule has 0 aliphatic carbocycles. The second-order valence-corrected chi connectivity index (χ2v) is 8.02. The van der Waals surface area contributed by atoms with E-state index < -0.39 is 0 Å². The van der Waals surface area contributed by atoms with E-state index in [-0.39, 0.29) is 0 Å². The summed E-state index contributed by atoms with van der Waals surface area (Å²) in [6, 6.07) is 16.6. The van der Waals surface area contributed by atoms with E-state index in [4.69, 9.17) is 17.0 Å². The summed E-state index contributed by atoms with van der Waals surface area (Å²) in [7, 11) is 1.68. The third-order valence-electron chi connectivity index (χ3n) is 5.05. The van der Waals surface area contributed by atoms with Crippen molar-refractivity contribution in [3.63, 3.8) is 0 Å². The molecule has 0 bridgehead atoms. The second kappa shape index (κ2) is 10.8. The van der Waals surface area contributed by atoms with Gasteiger partial charge in [-0.2, -0.15) is 0 Å². The minimum absolute atomic E-state index is 0.515. The average molecular weight is 423 g/mol. The molecular formula is C24H30N4OS. The maximum atomic E-state index is 5.77. The first kappa shape index (κ1) is 21.8. The molecule has 2 aromatic carbocycles. The van der Waals surface area contributed by atoms with Gasteiger partial charge in [0.15, 0.2) is 5.11 Å². The zero-order chi connectivity index (χ0) is 21.3. The number of ether oxygens (including phenoxy) is 1. The molecule has 0 unspecified atom stereocenters. The molecule has 0 saturated heterocycles. The first-order valence-corrected chi connectivity index (χ1v) is 10.7. The van der Waals surface area contributed by atoms with E-state index in [1.54, 1.807) is 7.11 Å². The summed E-state index contributed by atoms with van der Waals surface area (Å²) < 4.78 is 7.36. The van der Waals surface area contributed by atoms with Crippen molar-refractivity contribution in [2.24, 2.45) is 0 Å². The van der Waals surface area contributed by atoms with Gasteiger partial charge in [-0.3, -0.25) is 0 Å². The number of anilines is 1. The Labute approximate surface area is 184 Å². The first-order valence-electron chi connectivity index (χ1n) is 10.3. The number of thiocarbonyl (C=S) groups is 1. The molecule has 3 aromatic rings. The van der Waals surface area contributed by atoms with Crippen molar-refractivity contribution in [1.29, 1.82) is 0 Å². The molecule has 0 fully saturated rings. The summed E-state index contributed by atoms with van der Waals surface area (Å²) in [6.45, 7) is 6.89. The maximum absolute atomic E-state index is 5.77. The van der Waals surface area contributed by atoms with Gasteiger partial charge in [-0.05, 0) is 59.9 Å². The summed E-state index contributed by atoms with van der Waals surface area (Å²) in [4.78, 5) is 6.33. The Balaban J connectivity index is 1.66. The van der Waals surface area contributed by atoms with Crippen LogP contribution >= 0.6 is 12.2 Å². The van der Waals surface area contributed by atoms with Crippen LogP contribution in [0.2, 0.25) is 0 Å². The summed E-state index contributed by atoms with van der Waals surface area (Å²) >= 11 is 5.77. The predicted octanol–water partition coefficient (Wildman–Crippen LogP) is 5.30. The van der Waals surface area contributed by atoms with Gasteiger partial charge in [0, 0.05) is 37.7 Å². The number of aromatic nitrogens is 2. The lowest BCUT2D eigenvalue weighted by Crippen LogP contribution is -2.35. The zero-order valence-corrected chi connectivity index (χ0v) is 18.7. The molecule has 1 aromatic heterocycles. The quantitative estimate of drug-likeness (QED) is 0.474. The summed E-state index contributed by atoms with van der Waals surface area (Å²) in [5.74, 6) is 1.37. The van der Waals surface area contributed by atoms with Crippen LogP contribution in [0.1, 0.15) is 37.3 Å². The number of benzene rings is 2. The molecule has 3 rings (SSSR count). The number of nitrogens with zero attached hydrogens (tertiary/aromatic N) is 3. The normalized spacial score (nSPS) is 10.8. The maximum Gasteiger partial charge on any atom is 0.173 e. The smallest absolute Gasteiger partial charge is 0.173 e. The van der Waals surface area contributed by atoms with Gasteiger partial charge in [-0.15, -0.1) is 0 Å². The highest BCUT2D eigenvalue weighted by molar-refractivity contribution is 7.80. The Morgan fingerprint density at radius 3 is 2.47 bits per heavy atom. The molecule has 158 valence electrons. The largest absolute Gasteiger partial charge is 0.497 e. The number of aryl methyl sites for hydroxylation is 1. The lowest BCUT2D eigenvalue weighted by molar-refractivity contribution is 0.394. The van der Waals surface area contributed by atoms with E-state index in [1.807, 2.05) is 30.9 Å². The highest BCUT2D eigenvalue weighted by Crippen LogP contribution is 2.18. The van der Waals surface area contributed by atoms with Crippen molar-refractivity contribution in [3.05, 3.63) is 78.4 Å². The van der Waals surface area contributed by atoms with Crippen molar-refractivity contribution in [2.45, 2.75) is 39.3 Å². The van der Waals surface area contributed by atoms with E-state index in [9.17, 15) is 0 Å². The van der Waals surface area contributed by atoms with Gasteiger partial charge in [0.2, 0.25) is 0 Å². The average Bonchev–Trinajstić information content (AvgIpc) is 3.27. The van der Waals surface area contributed by atoms with E-state index in [0.717, 1.165) is 42.6 Å². The molecule has 0 saturated carbocycles. The van der Waals surface area contributed by atoms with Crippen molar-refractivity contribution in [3.8, 4) is 5.75 Å². The Morgan fingerprint density at radius 2 is 1.87 bits per heavy atom. The minimum atomic E-state index is 0.515. The summed E-state index contributed by atoms with van der Waals surface area (Å²) in [6.07, 6.45) is 6.62. The van der Waals surface area contributed by atoms with Gasteiger partial charge >= 0.3 is 0 Å². The Bertz CT molecular complexity index is 905. The van der Waals surface area contributed by atoms with Crippen LogP contribution in [0.3, 0.4) is 0 Å². The fourth-order valence-electron chi connectivity index (χ4n) is 3.22. The van der Waals surface area contributed by atoms with Crippen LogP contribution in [0.4, 0.5) is 5.69 Å². The Morgan fingerprint density at radius 1 is 1.13 bits per heavy atom. The molecular weight excluding hydrogens is 392 g/mol.